The number of thiophene rings is 1. The second kappa shape index (κ2) is 7.85. The average molecular weight is 399 g/mol. The first-order valence-electron chi connectivity index (χ1n) is 8.59. The van der Waals surface area contributed by atoms with E-state index in [9.17, 15) is 13.2 Å². The fourth-order valence-electron chi connectivity index (χ4n) is 2.88. The number of aryl methyl sites for hydroxylation is 1. The summed E-state index contributed by atoms with van der Waals surface area (Å²) in [6.45, 7) is 4.91. The molecule has 0 saturated carbocycles. The van der Waals surface area contributed by atoms with Gasteiger partial charge in [-0.05, 0) is 25.3 Å². The Hall–Kier alpha value is -1.78. The Balaban J connectivity index is 1.75. The van der Waals surface area contributed by atoms with E-state index in [0.717, 1.165) is 17.8 Å². The summed E-state index contributed by atoms with van der Waals surface area (Å²) in [6, 6.07) is 1.56. The van der Waals surface area contributed by atoms with Crippen LogP contribution < -0.4 is 5.32 Å². The van der Waals surface area contributed by atoms with Crippen LogP contribution in [-0.4, -0.2) is 48.4 Å². The highest BCUT2D eigenvalue weighted by Crippen LogP contribution is 2.31. The molecule has 0 radical (unpaired) electrons. The van der Waals surface area contributed by atoms with Crippen molar-refractivity contribution in [2.24, 2.45) is 5.92 Å². The van der Waals surface area contributed by atoms with Crippen molar-refractivity contribution in [1.29, 1.82) is 0 Å². The summed E-state index contributed by atoms with van der Waals surface area (Å²) in [5.74, 6) is 0.425. The summed E-state index contributed by atoms with van der Waals surface area (Å²) in [7, 11) is -3.64. The van der Waals surface area contributed by atoms with Crippen LogP contribution in [0.1, 0.15) is 32.1 Å². The number of piperidine rings is 1. The van der Waals surface area contributed by atoms with Gasteiger partial charge in [0.15, 0.2) is 0 Å². The molecule has 0 aromatic carbocycles. The zero-order chi connectivity index (χ0) is 18.7. The van der Waals surface area contributed by atoms with Gasteiger partial charge in [0.25, 0.3) is 10.0 Å². The molecule has 1 atom stereocenters. The van der Waals surface area contributed by atoms with E-state index in [-0.39, 0.29) is 22.6 Å². The van der Waals surface area contributed by atoms with Crippen LogP contribution in [0.15, 0.2) is 20.2 Å². The molecule has 1 saturated heterocycles. The molecule has 0 aliphatic carbocycles. The Morgan fingerprint density at radius 3 is 3.00 bits per heavy atom. The van der Waals surface area contributed by atoms with E-state index < -0.39 is 10.0 Å². The van der Waals surface area contributed by atoms with Gasteiger partial charge in [0.2, 0.25) is 17.6 Å². The van der Waals surface area contributed by atoms with Crippen molar-refractivity contribution in [1.82, 2.24) is 19.8 Å². The van der Waals surface area contributed by atoms with Crippen LogP contribution in [0.3, 0.4) is 0 Å². The molecule has 1 N–H and O–H groups in total. The first-order valence-corrected chi connectivity index (χ1v) is 10.9. The Labute approximate surface area is 156 Å². The van der Waals surface area contributed by atoms with Crippen molar-refractivity contribution in [3.05, 3.63) is 17.3 Å². The number of carbonyl (C=O) groups is 1. The highest BCUT2D eigenvalue weighted by atomic mass is 32.2. The van der Waals surface area contributed by atoms with Gasteiger partial charge < -0.3 is 9.84 Å². The van der Waals surface area contributed by atoms with Gasteiger partial charge in [0.1, 0.15) is 4.21 Å². The molecule has 3 rings (SSSR count). The lowest BCUT2D eigenvalue weighted by atomic mass is 9.99. The third kappa shape index (κ3) is 3.97. The SMILES string of the molecule is CCCNC(=O)C1CCCN(S(=O)(=O)c2cc(-c3noc(C)n3)cs2)C1. The summed E-state index contributed by atoms with van der Waals surface area (Å²) in [4.78, 5) is 16.3. The molecule has 1 fully saturated rings. The molecule has 1 amide bonds. The maximum absolute atomic E-state index is 13.0. The molecule has 0 spiro atoms. The molecule has 26 heavy (non-hydrogen) atoms. The number of carbonyl (C=O) groups excluding carboxylic acids is 1. The predicted molar refractivity (Wildman–Crippen MR) is 97.1 cm³/mol. The van der Waals surface area contributed by atoms with Crippen molar-refractivity contribution in [2.45, 2.75) is 37.3 Å². The smallest absolute Gasteiger partial charge is 0.252 e. The fraction of sp³-hybridized carbons (Fsp3) is 0.562. The van der Waals surface area contributed by atoms with Crippen LogP contribution in [0.2, 0.25) is 0 Å². The maximum atomic E-state index is 13.0. The number of sulfonamides is 1. The highest BCUT2D eigenvalue weighted by molar-refractivity contribution is 7.91. The van der Waals surface area contributed by atoms with Crippen LogP contribution in [0, 0.1) is 12.8 Å². The quantitative estimate of drug-likeness (QED) is 0.798. The number of aromatic nitrogens is 2. The number of nitrogens with one attached hydrogen (secondary N) is 1. The lowest BCUT2D eigenvalue weighted by Crippen LogP contribution is -2.45. The van der Waals surface area contributed by atoms with Gasteiger partial charge in [-0.15, -0.1) is 11.3 Å². The molecule has 3 heterocycles. The summed E-state index contributed by atoms with van der Waals surface area (Å²) in [6.07, 6.45) is 2.24. The van der Waals surface area contributed by atoms with Crippen LogP contribution in [0.5, 0.6) is 0 Å². The van der Waals surface area contributed by atoms with Crippen LogP contribution >= 0.6 is 11.3 Å². The number of hydrogen-bond acceptors (Lipinski definition) is 7. The zero-order valence-electron chi connectivity index (χ0n) is 14.8. The normalized spacial score (nSPS) is 18.8. The van der Waals surface area contributed by atoms with E-state index in [0.29, 0.717) is 43.2 Å². The number of nitrogens with zero attached hydrogens (tertiary/aromatic N) is 3. The van der Waals surface area contributed by atoms with E-state index in [4.69, 9.17) is 4.52 Å². The maximum Gasteiger partial charge on any atom is 0.252 e. The molecular formula is C16H22N4O4S2. The largest absolute Gasteiger partial charge is 0.356 e. The van der Waals surface area contributed by atoms with E-state index >= 15 is 0 Å². The van der Waals surface area contributed by atoms with Gasteiger partial charge in [-0.25, -0.2) is 8.42 Å². The van der Waals surface area contributed by atoms with Crippen molar-refractivity contribution < 1.29 is 17.7 Å². The van der Waals surface area contributed by atoms with E-state index in [1.165, 1.54) is 4.31 Å². The van der Waals surface area contributed by atoms with Crippen LogP contribution in [0.4, 0.5) is 0 Å². The highest BCUT2D eigenvalue weighted by Gasteiger charge is 2.34. The fourth-order valence-corrected chi connectivity index (χ4v) is 5.71. The van der Waals surface area contributed by atoms with Crippen molar-refractivity contribution in [2.75, 3.05) is 19.6 Å². The summed E-state index contributed by atoms with van der Waals surface area (Å²) < 4.78 is 32.5. The van der Waals surface area contributed by atoms with Crippen molar-refractivity contribution in [3.63, 3.8) is 0 Å². The molecule has 10 heteroatoms. The average Bonchev–Trinajstić information content (AvgIpc) is 3.29. The number of hydrogen-bond donors (Lipinski definition) is 1. The van der Waals surface area contributed by atoms with Gasteiger partial charge in [-0.2, -0.15) is 9.29 Å². The lowest BCUT2D eigenvalue weighted by Gasteiger charge is -2.30. The molecular weight excluding hydrogens is 376 g/mol. The van der Waals surface area contributed by atoms with E-state index in [1.54, 1.807) is 18.4 Å². The standard InChI is InChI=1S/C16H22N4O4S2/c1-3-6-17-16(21)12-5-4-7-20(9-12)26(22,23)14-8-13(10-25-14)15-18-11(2)24-19-15/h8,10,12H,3-7,9H2,1-2H3,(H,17,21). The zero-order valence-corrected chi connectivity index (χ0v) is 16.4. The Morgan fingerprint density at radius 2 is 2.31 bits per heavy atom. The minimum absolute atomic E-state index is 0.0686. The predicted octanol–water partition coefficient (Wildman–Crippen LogP) is 2.03. The van der Waals surface area contributed by atoms with Crippen LogP contribution in [0.25, 0.3) is 11.4 Å². The Bertz CT molecular complexity index is 874. The molecule has 2 aromatic heterocycles. The second-order valence-electron chi connectivity index (χ2n) is 6.28. The van der Waals surface area contributed by atoms with Gasteiger partial charge in [-0.3, -0.25) is 4.79 Å². The second-order valence-corrected chi connectivity index (χ2v) is 9.36. The lowest BCUT2D eigenvalue weighted by molar-refractivity contribution is -0.126. The summed E-state index contributed by atoms with van der Waals surface area (Å²) in [5.41, 5.74) is 0.611. The van der Waals surface area contributed by atoms with E-state index in [1.807, 2.05) is 6.92 Å². The number of amides is 1. The minimum atomic E-state index is -3.64. The van der Waals surface area contributed by atoms with Gasteiger partial charge in [0, 0.05) is 37.5 Å². The van der Waals surface area contributed by atoms with Gasteiger partial charge in [0.05, 0.1) is 5.92 Å². The first-order chi connectivity index (χ1) is 12.4. The molecule has 0 bridgehead atoms. The van der Waals surface area contributed by atoms with Gasteiger partial charge >= 0.3 is 0 Å². The van der Waals surface area contributed by atoms with Crippen LogP contribution in [-0.2, 0) is 14.8 Å². The molecule has 1 aliphatic rings. The molecule has 142 valence electrons. The van der Waals surface area contributed by atoms with Crippen molar-refractivity contribution in [3.8, 4) is 11.4 Å². The Morgan fingerprint density at radius 1 is 1.50 bits per heavy atom. The Kier molecular flexibility index (Phi) is 5.73. The first kappa shape index (κ1) is 19.0. The molecule has 1 unspecified atom stereocenters. The molecule has 2 aromatic rings. The third-order valence-corrected chi connectivity index (χ3v) is 7.54. The topological polar surface area (TPSA) is 105 Å². The third-order valence-electron chi connectivity index (χ3n) is 4.26. The monoisotopic (exact) mass is 398 g/mol. The van der Waals surface area contributed by atoms with E-state index in [2.05, 4.69) is 15.5 Å². The minimum Gasteiger partial charge on any atom is -0.356 e. The summed E-state index contributed by atoms with van der Waals surface area (Å²) in [5, 5.41) is 8.37. The van der Waals surface area contributed by atoms with Crippen molar-refractivity contribution >= 4 is 27.3 Å². The molecule has 1 aliphatic heterocycles. The number of rotatable bonds is 6. The van der Waals surface area contributed by atoms with Gasteiger partial charge in [-0.1, -0.05) is 12.1 Å². The summed E-state index contributed by atoms with van der Waals surface area (Å²) >= 11 is 1.13. The molecule has 8 nitrogen and oxygen atoms in total.